The summed E-state index contributed by atoms with van der Waals surface area (Å²) < 4.78 is 6.01. The molecule has 2 atom stereocenters. The van der Waals surface area contributed by atoms with Crippen molar-refractivity contribution in [1.82, 2.24) is 10.6 Å². The van der Waals surface area contributed by atoms with E-state index in [0.717, 1.165) is 70.6 Å². The zero-order valence-electron chi connectivity index (χ0n) is 35.4. The second-order valence-corrected chi connectivity index (χ2v) is 15.5. The van der Waals surface area contributed by atoms with Gasteiger partial charge in [0.1, 0.15) is 12.1 Å². The fraction of sp³-hybridized carbons (Fsp3) is 0.826. The molecule has 0 rings (SSSR count). The number of aliphatic hydroxyl groups excluding tert-OH is 1. The number of allylic oxidation sites excluding steroid dienone is 4. The lowest BCUT2D eigenvalue weighted by atomic mass is 10.0. The fourth-order valence-corrected chi connectivity index (χ4v) is 6.69. The number of hydrogen-bond acceptors (Lipinski definition) is 6. The number of aliphatic carboxylic acids is 1. The number of ether oxygens (including phenoxy) is 1. The summed E-state index contributed by atoms with van der Waals surface area (Å²) in [6.07, 6.45) is 44.9. The highest BCUT2D eigenvalue weighted by atomic mass is 16.5. The molecule has 9 nitrogen and oxygen atoms in total. The van der Waals surface area contributed by atoms with E-state index in [0.29, 0.717) is 12.8 Å². The van der Waals surface area contributed by atoms with Gasteiger partial charge in [-0.15, -0.1) is 0 Å². The lowest BCUT2D eigenvalue weighted by Gasteiger charge is -2.18. The van der Waals surface area contributed by atoms with Crippen LogP contribution in [0.5, 0.6) is 0 Å². The number of nitrogens with one attached hydrogen (secondary N) is 2. The van der Waals surface area contributed by atoms with Gasteiger partial charge in [-0.05, 0) is 64.2 Å². The smallest absolute Gasteiger partial charge is 0.328 e. The molecule has 0 fully saturated rings. The van der Waals surface area contributed by atoms with Crippen molar-refractivity contribution in [2.75, 3.05) is 13.2 Å². The van der Waals surface area contributed by atoms with Gasteiger partial charge in [-0.2, -0.15) is 0 Å². The average molecular weight is 777 g/mol. The van der Waals surface area contributed by atoms with Crippen LogP contribution in [-0.2, 0) is 23.9 Å². The summed E-state index contributed by atoms with van der Waals surface area (Å²) in [6.45, 7) is 3.48. The van der Waals surface area contributed by atoms with Crippen LogP contribution in [0.4, 0.5) is 0 Å². The first-order valence-electron chi connectivity index (χ1n) is 22.7. The van der Waals surface area contributed by atoms with Crippen LogP contribution in [0.25, 0.3) is 0 Å². The van der Waals surface area contributed by atoms with Gasteiger partial charge >= 0.3 is 11.9 Å². The number of carbonyl (C=O) groups excluding carboxylic acids is 3. The van der Waals surface area contributed by atoms with E-state index in [9.17, 15) is 19.2 Å². The molecule has 0 saturated heterocycles. The van der Waals surface area contributed by atoms with Gasteiger partial charge in [-0.25, -0.2) is 4.79 Å². The summed E-state index contributed by atoms with van der Waals surface area (Å²) in [5.41, 5.74) is 0. The molecule has 0 aliphatic heterocycles. The Bertz CT molecular complexity index is 983. The van der Waals surface area contributed by atoms with E-state index in [4.69, 9.17) is 14.9 Å². The summed E-state index contributed by atoms with van der Waals surface area (Å²) in [6, 6.07) is -1.38. The minimum Gasteiger partial charge on any atom is -0.480 e. The van der Waals surface area contributed by atoms with Gasteiger partial charge in [-0.1, -0.05) is 167 Å². The topological polar surface area (TPSA) is 142 Å². The van der Waals surface area contributed by atoms with Crippen LogP contribution in [0.3, 0.4) is 0 Å². The van der Waals surface area contributed by atoms with Gasteiger partial charge in [0, 0.05) is 12.8 Å². The average Bonchev–Trinajstić information content (AvgIpc) is 3.17. The number of esters is 1. The zero-order chi connectivity index (χ0) is 40.5. The summed E-state index contributed by atoms with van der Waals surface area (Å²) in [5, 5.41) is 22.6. The second kappa shape index (κ2) is 41.0. The molecule has 0 aromatic rings. The van der Waals surface area contributed by atoms with Crippen molar-refractivity contribution < 1.29 is 34.1 Å². The largest absolute Gasteiger partial charge is 0.480 e. The van der Waals surface area contributed by atoms with E-state index in [-0.39, 0.29) is 30.9 Å². The van der Waals surface area contributed by atoms with Crippen molar-refractivity contribution in [3.63, 3.8) is 0 Å². The number of aliphatic hydroxyl groups is 1. The maximum atomic E-state index is 12.8. The number of carbonyl (C=O) groups is 4. The molecule has 2 unspecified atom stereocenters. The van der Waals surface area contributed by atoms with Crippen LogP contribution in [-0.4, -0.2) is 59.3 Å². The number of amides is 2. The predicted molar refractivity (Wildman–Crippen MR) is 227 cm³/mol. The van der Waals surface area contributed by atoms with Crippen molar-refractivity contribution in [3.05, 3.63) is 24.3 Å². The van der Waals surface area contributed by atoms with Crippen molar-refractivity contribution in [1.29, 1.82) is 0 Å². The van der Waals surface area contributed by atoms with Crippen molar-refractivity contribution >= 4 is 23.8 Å². The van der Waals surface area contributed by atoms with E-state index >= 15 is 0 Å². The molecule has 0 radical (unpaired) electrons. The number of rotatable bonds is 41. The highest BCUT2D eigenvalue weighted by molar-refractivity contribution is 5.87. The molecular weight excluding hydrogens is 693 g/mol. The Morgan fingerprint density at radius 1 is 0.545 bits per heavy atom. The first-order valence-corrected chi connectivity index (χ1v) is 22.7. The Balaban J connectivity index is 4.36. The number of hydrogen-bond donors (Lipinski definition) is 4. The van der Waals surface area contributed by atoms with E-state index in [1.807, 2.05) is 0 Å². The standard InChI is InChI=1S/C46H84N2O7/c1-3-5-7-9-11-13-15-17-19-21-23-25-30-34-38-45(52)55-41(35-31-27-24-22-20-18-16-14-12-10-8-6-4-2)36-32-28-26-29-33-37-43(50)47-39-44(51)48-42(40-49)46(53)54/h16,18,22,24,41-42,49H,3-15,17,19-21,23,25-40H2,1-2H3,(H,47,50)(H,48,51)(H,53,54)/b18-16-,24-22-. The Hall–Kier alpha value is -2.68. The van der Waals surface area contributed by atoms with Crippen molar-refractivity contribution in [3.8, 4) is 0 Å². The van der Waals surface area contributed by atoms with E-state index < -0.39 is 24.5 Å². The third-order valence-corrected chi connectivity index (χ3v) is 10.2. The Morgan fingerprint density at radius 2 is 1.00 bits per heavy atom. The van der Waals surface area contributed by atoms with Gasteiger partial charge in [0.2, 0.25) is 11.8 Å². The molecule has 4 N–H and O–H groups in total. The van der Waals surface area contributed by atoms with Crippen LogP contribution < -0.4 is 10.6 Å². The summed E-state index contributed by atoms with van der Waals surface area (Å²) in [7, 11) is 0. The highest BCUT2D eigenvalue weighted by Gasteiger charge is 2.19. The first-order chi connectivity index (χ1) is 26.8. The Labute approximate surface area is 336 Å². The molecule has 0 aliphatic carbocycles. The Kier molecular flexibility index (Phi) is 39.0. The third-order valence-electron chi connectivity index (χ3n) is 10.2. The summed E-state index contributed by atoms with van der Waals surface area (Å²) in [5.74, 6) is -2.31. The monoisotopic (exact) mass is 777 g/mol. The first kappa shape index (κ1) is 52.3. The number of unbranched alkanes of at least 4 members (excludes halogenated alkanes) is 23. The van der Waals surface area contributed by atoms with Crippen molar-refractivity contribution in [2.45, 2.75) is 231 Å². The van der Waals surface area contributed by atoms with Crippen LogP contribution >= 0.6 is 0 Å². The van der Waals surface area contributed by atoms with Crippen LogP contribution in [0.15, 0.2) is 24.3 Å². The fourth-order valence-electron chi connectivity index (χ4n) is 6.69. The normalized spacial score (nSPS) is 12.6. The molecule has 55 heavy (non-hydrogen) atoms. The molecule has 0 spiro atoms. The minimum absolute atomic E-state index is 0.0522. The van der Waals surface area contributed by atoms with Gasteiger partial charge in [0.05, 0.1) is 13.2 Å². The lowest BCUT2D eigenvalue weighted by molar-refractivity contribution is -0.150. The molecule has 0 aliphatic rings. The molecule has 0 aromatic carbocycles. The second-order valence-electron chi connectivity index (χ2n) is 15.5. The van der Waals surface area contributed by atoms with Gasteiger partial charge in [-0.3, -0.25) is 14.4 Å². The van der Waals surface area contributed by atoms with Gasteiger partial charge in [0.15, 0.2) is 0 Å². The molecular formula is C46H84N2O7. The molecule has 320 valence electrons. The molecule has 2 amide bonds. The van der Waals surface area contributed by atoms with E-state index in [1.165, 1.54) is 116 Å². The van der Waals surface area contributed by atoms with E-state index in [1.54, 1.807) is 0 Å². The summed E-state index contributed by atoms with van der Waals surface area (Å²) >= 11 is 0. The molecule has 0 heterocycles. The minimum atomic E-state index is -1.38. The highest BCUT2D eigenvalue weighted by Crippen LogP contribution is 2.18. The lowest BCUT2D eigenvalue weighted by Crippen LogP contribution is -2.47. The quantitative estimate of drug-likeness (QED) is 0.0275. The third kappa shape index (κ3) is 38.0. The zero-order valence-corrected chi connectivity index (χ0v) is 35.4. The van der Waals surface area contributed by atoms with Crippen LogP contribution in [0, 0.1) is 0 Å². The molecule has 0 bridgehead atoms. The summed E-state index contributed by atoms with van der Waals surface area (Å²) in [4.78, 5) is 47.6. The van der Waals surface area contributed by atoms with Crippen molar-refractivity contribution in [2.24, 2.45) is 0 Å². The van der Waals surface area contributed by atoms with E-state index in [2.05, 4.69) is 48.8 Å². The predicted octanol–water partition coefficient (Wildman–Crippen LogP) is 11.2. The maximum Gasteiger partial charge on any atom is 0.328 e. The maximum absolute atomic E-state index is 12.8. The number of carboxylic acids is 1. The van der Waals surface area contributed by atoms with Gasteiger partial charge in [0.25, 0.3) is 0 Å². The molecule has 9 heteroatoms. The Morgan fingerprint density at radius 3 is 1.53 bits per heavy atom. The molecule has 0 aromatic heterocycles. The number of carboxylic acid groups (broad SMARTS) is 1. The van der Waals surface area contributed by atoms with Gasteiger partial charge < -0.3 is 25.6 Å². The molecule has 0 saturated carbocycles. The SMILES string of the molecule is CCCCCCC/C=C\C/C=C\CCCC(CCCCCCCC(=O)NCC(=O)NC(CO)C(=O)O)OC(=O)CCCCCCCCCCCCCCCC. The van der Waals surface area contributed by atoms with Crippen LogP contribution in [0.2, 0.25) is 0 Å². The van der Waals surface area contributed by atoms with Crippen LogP contribution in [0.1, 0.15) is 219 Å².